The minimum absolute atomic E-state index is 0.0889. The van der Waals surface area contributed by atoms with Crippen LogP contribution in [0.2, 0.25) is 0 Å². The number of nitrogens with zero attached hydrogens (tertiary/aromatic N) is 3. The summed E-state index contributed by atoms with van der Waals surface area (Å²) >= 11 is 1.28. The summed E-state index contributed by atoms with van der Waals surface area (Å²) in [6.45, 7) is 3.75. The Morgan fingerprint density at radius 1 is 1.13 bits per heavy atom. The van der Waals surface area contributed by atoms with Crippen molar-refractivity contribution < 1.29 is 32.2 Å². The van der Waals surface area contributed by atoms with E-state index < -0.39 is 6.36 Å². The monoisotopic (exact) mass is 458 g/mol. The first kappa shape index (κ1) is 22.7. The fraction of sp³-hybridized carbons (Fsp3) is 0.421. The van der Waals surface area contributed by atoms with Gasteiger partial charge in [0, 0.05) is 37.2 Å². The van der Waals surface area contributed by atoms with E-state index in [4.69, 9.17) is 4.74 Å². The molecule has 12 heteroatoms. The Labute approximate surface area is 180 Å². The molecule has 168 valence electrons. The highest BCUT2D eigenvalue weighted by molar-refractivity contribution is 7.13. The van der Waals surface area contributed by atoms with Gasteiger partial charge in [-0.05, 0) is 31.2 Å². The summed E-state index contributed by atoms with van der Waals surface area (Å²) in [5.74, 6) is -0.402. The Morgan fingerprint density at radius 2 is 1.77 bits per heavy atom. The molecular formula is C19H21F3N4O4S. The first-order valence-electron chi connectivity index (χ1n) is 9.50. The van der Waals surface area contributed by atoms with Crippen molar-refractivity contribution >= 4 is 34.2 Å². The van der Waals surface area contributed by atoms with E-state index in [-0.39, 0.29) is 24.2 Å². The van der Waals surface area contributed by atoms with E-state index in [2.05, 4.69) is 15.0 Å². The van der Waals surface area contributed by atoms with E-state index in [0.717, 1.165) is 0 Å². The Bertz CT molecular complexity index is 896. The lowest BCUT2D eigenvalue weighted by molar-refractivity contribution is -0.274. The molecular weight excluding hydrogens is 437 g/mol. The van der Waals surface area contributed by atoms with Crippen LogP contribution < -0.4 is 10.1 Å². The second kappa shape index (κ2) is 9.86. The lowest BCUT2D eigenvalue weighted by atomic mass is 10.2. The zero-order valence-electron chi connectivity index (χ0n) is 16.6. The van der Waals surface area contributed by atoms with Gasteiger partial charge in [0.15, 0.2) is 5.13 Å². The van der Waals surface area contributed by atoms with Gasteiger partial charge in [-0.25, -0.2) is 9.78 Å². The standard InChI is InChI=1S/C19H21F3N4O4S/c1-2-29-18(28)26-9-7-25(8-10-26)16(27)11-14-12-31-17(24-14)23-13-3-5-15(6-4-13)30-19(20,21)22/h3-6,12H,2,7-11H2,1H3,(H,23,24). The minimum Gasteiger partial charge on any atom is -0.450 e. The predicted molar refractivity (Wildman–Crippen MR) is 107 cm³/mol. The molecule has 2 heterocycles. The number of hydrogen-bond acceptors (Lipinski definition) is 7. The third-order valence-corrected chi connectivity index (χ3v) is 5.19. The number of amides is 2. The van der Waals surface area contributed by atoms with Crippen molar-refractivity contribution in [1.29, 1.82) is 0 Å². The summed E-state index contributed by atoms with van der Waals surface area (Å²) in [6.07, 6.45) is -4.99. The highest BCUT2D eigenvalue weighted by Crippen LogP contribution is 2.26. The Balaban J connectivity index is 1.49. The highest BCUT2D eigenvalue weighted by atomic mass is 32.1. The van der Waals surface area contributed by atoms with Crippen molar-refractivity contribution in [3.63, 3.8) is 0 Å². The summed E-state index contributed by atoms with van der Waals surface area (Å²) < 4.78 is 45.4. The smallest absolute Gasteiger partial charge is 0.450 e. The Hall–Kier alpha value is -3.02. The van der Waals surface area contributed by atoms with Gasteiger partial charge in [0.25, 0.3) is 0 Å². The van der Waals surface area contributed by atoms with Crippen LogP contribution in [0.3, 0.4) is 0 Å². The summed E-state index contributed by atoms with van der Waals surface area (Å²) in [4.78, 5) is 31.9. The van der Waals surface area contributed by atoms with Gasteiger partial charge in [-0.15, -0.1) is 24.5 Å². The van der Waals surface area contributed by atoms with Crippen LogP contribution in [-0.2, 0) is 16.0 Å². The molecule has 1 aliphatic heterocycles. The van der Waals surface area contributed by atoms with Gasteiger partial charge < -0.3 is 24.6 Å². The second-order valence-electron chi connectivity index (χ2n) is 6.58. The number of aromatic nitrogens is 1. The van der Waals surface area contributed by atoms with E-state index in [1.165, 1.54) is 35.6 Å². The molecule has 2 aromatic rings. The van der Waals surface area contributed by atoms with Crippen LogP contribution in [0.15, 0.2) is 29.6 Å². The molecule has 0 aliphatic carbocycles. The van der Waals surface area contributed by atoms with Gasteiger partial charge >= 0.3 is 12.5 Å². The number of nitrogens with one attached hydrogen (secondary N) is 1. The topological polar surface area (TPSA) is 84.0 Å². The molecule has 2 amide bonds. The molecule has 1 saturated heterocycles. The normalized spacial score (nSPS) is 14.3. The van der Waals surface area contributed by atoms with Crippen molar-refractivity contribution in [2.45, 2.75) is 19.7 Å². The molecule has 0 bridgehead atoms. The van der Waals surface area contributed by atoms with Crippen LogP contribution in [0.5, 0.6) is 5.75 Å². The Kier molecular flexibility index (Phi) is 7.21. The quantitative estimate of drug-likeness (QED) is 0.712. The second-order valence-corrected chi connectivity index (χ2v) is 7.44. The molecule has 31 heavy (non-hydrogen) atoms. The number of benzene rings is 1. The number of ether oxygens (including phenoxy) is 2. The van der Waals surface area contributed by atoms with Crippen molar-refractivity contribution in [1.82, 2.24) is 14.8 Å². The Morgan fingerprint density at radius 3 is 2.39 bits per heavy atom. The molecule has 1 aliphatic rings. The van der Waals surface area contributed by atoms with Crippen LogP contribution >= 0.6 is 11.3 Å². The van der Waals surface area contributed by atoms with Crippen molar-refractivity contribution in [2.24, 2.45) is 0 Å². The van der Waals surface area contributed by atoms with E-state index in [1.807, 2.05) is 0 Å². The van der Waals surface area contributed by atoms with Gasteiger partial charge in [-0.3, -0.25) is 4.79 Å². The molecule has 0 radical (unpaired) electrons. The predicted octanol–water partition coefficient (Wildman–Crippen LogP) is 3.63. The van der Waals surface area contributed by atoms with Gasteiger partial charge in [0.2, 0.25) is 5.91 Å². The average molecular weight is 458 g/mol. The van der Waals surface area contributed by atoms with Gasteiger partial charge in [0.1, 0.15) is 5.75 Å². The van der Waals surface area contributed by atoms with Crippen LogP contribution in [0.1, 0.15) is 12.6 Å². The lowest BCUT2D eigenvalue weighted by Crippen LogP contribution is -2.51. The number of halogens is 3. The summed E-state index contributed by atoms with van der Waals surface area (Å²) in [7, 11) is 0. The summed E-state index contributed by atoms with van der Waals surface area (Å²) in [6, 6.07) is 5.28. The molecule has 8 nitrogen and oxygen atoms in total. The minimum atomic E-state index is -4.74. The summed E-state index contributed by atoms with van der Waals surface area (Å²) in [5, 5.41) is 5.24. The lowest BCUT2D eigenvalue weighted by Gasteiger charge is -2.34. The number of carbonyl (C=O) groups is 2. The molecule has 1 fully saturated rings. The molecule has 0 saturated carbocycles. The molecule has 1 aromatic carbocycles. The number of thiazole rings is 1. The first-order valence-corrected chi connectivity index (χ1v) is 10.4. The maximum Gasteiger partial charge on any atom is 0.573 e. The molecule has 1 N–H and O–H groups in total. The first-order chi connectivity index (χ1) is 14.7. The van der Waals surface area contributed by atoms with Crippen LogP contribution in [0.4, 0.5) is 28.8 Å². The van der Waals surface area contributed by atoms with Crippen molar-refractivity contribution in [3.8, 4) is 5.75 Å². The fourth-order valence-corrected chi connectivity index (χ4v) is 3.66. The van der Waals surface area contributed by atoms with Crippen molar-refractivity contribution in [2.75, 3.05) is 38.1 Å². The van der Waals surface area contributed by atoms with Crippen LogP contribution in [-0.4, -0.2) is 65.9 Å². The highest BCUT2D eigenvalue weighted by Gasteiger charge is 2.31. The van der Waals surface area contributed by atoms with Gasteiger partial charge in [-0.2, -0.15) is 0 Å². The van der Waals surface area contributed by atoms with Gasteiger partial charge in [0.05, 0.1) is 18.7 Å². The summed E-state index contributed by atoms with van der Waals surface area (Å²) in [5.41, 5.74) is 1.12. The molecule has 3 rings (SSSR count). The number of rotatable bonds is 6. The number of piperazine rings is 1. The molecule has 0 unspecified atom stereocenters. The molecule has 0 atom stereocenters. The van der Waals surface area contributed by atoms with E-state index in [9.17, 15) is 22.8 Å². The van der Waals surface area contributed by atoms with E-state index in [1.54, 1.807) is 22.1 Å². The van der Waals surface area contributed by atoms with Gasteiger partial charge in [-0.1, -0.05) is 0 Å². The number of carbonyl (C=O) groups excluding carboxylic acids is 2. The SMILES string of the molecule is CCOC(=O)N1CCN(C(=O)Cc2csc(Nc3ccc(OC(F)(F)F)cc3)n2)CC1. The zero-order chi connectivity index (χ0) is 22.4. The number of hydrogen-bond donors (Lipinski definition) is 1. The zero-order valence-corrected chi connectivity index (χ0v) is 17.5. The maximum absolute atomic E-state index is 12.5. The average Bonchev–Trinajstić information content (AvgIpc) is 3.15. The van der Waals surface area contributed by atoms with Crippen molar-refractivity contribution in [3.05, 3.63) is 35.3 Å². The third kappa shape index (κ3) is 6.74. The fourth-order valence-electron chi connectivity index (χ4n) is 2.93. The number of anilines is 2. The molecule has 1 aromatic heterocycles. The van der Waals surface area contributed by atoms with Crippen LogP contribution in [0, 0.1) is 0 Å². The largest absolute Gasteiger partial charge is 0.573 e. The molecule has 0 spiro atoms. The number of alkyl halides is 3. The van der Waals surface area contributed by atoms with E-state index in [0.29, 0.717) is 49.3 Å². The third-order valence-electron chi connectivity index (χ3n) is 4.38. The maximum atomic E-state index is 12.5. The van der Waals surface area contributed by atoms with E-state index >= 15 is 0 Å². The van der Waals surface area contributed by atoms with Crippen LogP contribution in [0.25, 0.3) is 0 Å².